The number of benzene rings is 2. The predicted octanol–water partition coefficient (Wildman–Crippen LogP) is 4.28. The monoisotopic (exact) mass is 282 g/mol. The molecule has 2 atom stereocenters. The Labute approximate surface area is 124 Å². The number of ether oxygens (including phenoxy) is 1. The molecule has 108 valence electrons. The van der Waals surface area contributed by atoms with Crippen molar-refractivity contribution in [1.29, 1.82) is 0 Å². The highest BCUT2D eigenvalue weighted by atomic mass is 16.5. The van der Waals surface area contributed by atoms with Gasteiger partial charge in [0.15, 0.2) is 0 Å². The Morgan fingerprint density at radius 2 is 1.67 bits per heavy atom. The molecule has 3 heteroatoms. The minimum atomic E-state index is -0.699. The smallest absolute Gasteiger partial charge is 0.307 e. The fourth-order valence-corrected chi connectivity index (χ4v) is 2.75. The van der Waals surface area contributed by atoms with Gasteiger partial charge in [0.1, 0.15) is 11.5 Å². The van der Waals surface area contributed by atoms with Crippen molar-refractivity contribution in [2.24, 2.45) is 5.92 Å². The topological polar surface area (TPSA) is 46.5 Å². The summed E-state index contributed by atoms with van der Waals surface area (Å²) in [7, 11) is 0. The van der Waals surface area contributed by atoms with E-state index in [1.807, 2.05) is 50.2 Å². The summed E-state index contributed by atoms with van der Waals surface area (Å²) >= 11 is 0. The number of carboxylic acids is 1. The van der Waals surface area contributed by atoms with Crippen LogP contribution in [0.25, 0.3) is 0 Å². The SMILES string of the molecule is Cc1cc(C)cc(Oc2ccc([C@@H]3C[C@H]3C(=O)O)cc2)c1. The lowest BCUT2D eigenvalue weighted by atomic mass is 10.1. The molecule has 0 heterocycles. The van der Waals surface area contributed by atoms with Crippen molar-refractivity contribution >= 4 is 5.97 Å². The first-order valence-corrected chi connectivity index (χ1v) is 7.12. The molecule has 0 aromatic heterocycles. The molecule has 0 saturated heterocycles. The summed E-state index contributed by atoms with van der Waals surface area (Å²) in [5.74, 6) is 0.857. The van der Waals surface area contributed by atoms with Gasteiger partial charge in [-0.2, -0.15) is 0 Å². The molecular weight excluding hydrogens is 264 g/mol. The number of hydrogen-bond donors (Lipinski definition) is 1. The Morgan fingerprint density at radius 1 is 1.05 bits per heavy atom. The van der Waals surface area contributed by atoms with Gasteiger partial charge in [-0.1, -0.05) is 18.2 Å². The van der Waals surface area contributed by atoms with Crippen LogP contribution in [0.3, 0.4) is 0 Å². The molecule has 1 saturated carbocycles. The van der Waals surface area contributed by atoms with Crippen LogP contribution in [0.2, 0.25) is 0 Å². The molecular formula is C18H18O3. The van der Waals surface area contributed by atoms with E-state index >= 15 is 0 Å². The standard InChI is InChI=1S/C18H18O3/c1-11-7-12(2)9-15(8-11)21-14-5-3-13(4-6-14)16-10-17(16)18(19)20/h3-9,16-17H,10H2,1-2H3,(H,19,20)/t16-,17+/m0/s1. The zero-order valence-corrected chi connectivity index (χ0v) is 12.2. The summed E-state index contributed by atoms with van der Waals surface area (Å²) in [6.45, 7) is 4.09. The second kappa shape index (κ2) is 5.24. The van der Waals surface area contributed by atoms with Crippen LogP contribution in [0.4, 0.5) is 0 Å². The molecule has 0 aliphatic heterocycles. The third-order valence-electron chi connectivity index (χ3n) is 3.85. The molecule has 0 amide bonds. The van der Waals surface area contributed by atoms with Crippen LogP contribution in [0.1, 0.15) is 29.0 Å². The molecule has 0 bridgehead atoms. The number of carbonyl (C=O) groups is 1. The molecule has 0 radical (unpaired) electrons. The van der Waals surface area contributed by atoms with Gasteiger partial charge in [-0.25, -0.2) is 0 Å². The van der Waals surface area contributed by atoms with E-state index < -0.39 is 5.97 Å². The quantitative estimate of drug-likeness (QED) is 0.910. The first-order valence-electron chi connectivity index (χ1n) is 7.12. The maximum absolute atomic E-state index is 10.9. The van der Waals surface area contributed by atoms with Gasteiger partial charge in [-0.05, 0) is 67.1 Å². The summed E-state index contributed by atoms with van der Waals surface area (Å²) in [6.07, 6.45) is 0.743. The lowest BCUT2D eigenvalue weighted by Gasteiger charge is -2.08. The van der Waals surface area contributed by atoms with Crippen LogP contribution in [-0.4, -0.2) is 11.1 Å². The predicted molar refractivity (Wildman–Crippen MR) is 80.9 cm³/mol. The van der Waals surface area contributed by atoms with E-state index in [0.29, 0.717) is 0 Å². The zero-order valence-electron chi connectivity index (χ0n) is 12.2. The number of hydrogen-bond acceptors (Lipinski definition) is 2. The van der Waals surface area contributed by atoms with Crippen LogP contribution < -0.4 is 4.74 Å². The molecule has 0 spiro atoms. The fourth-order valence-electron chi connectivity index (χ4n) is 2.75. The summed E-state index contributed by atoms with van der Waals surface area (Å²) in [4.78, 5) is 10.9. The normalized spacial score (nSPS) is 20.1. The second-order valence-electron chi connectivity index (χ2n) is 5.78. The molecule has 1 N–H and O–H groups in total. The number of aryl methyl sites for hydroxylation is 2. The van der Waals surface area contributed by atoms with Crippen molar-refractivity contribution < 1.29 is 14.6 Å². The Bertz CT molecular complexity index is 653. The molecule has 2 aromatic rings. The molecule has 0 unspecified atom stereocenters. The second-order valence-corrected chi connectivity index (χ2v) is 5.78. The Balaban J connectivity index is 1.71. The van der Waals surface area contributed by atoms with Crippen molar-refractivity contribution in [3.63, 3.8) is 0 Å². The van der Waals surface area contributed by atoms with Gasteiger partial charge in [0.2, 0.25) is 0 Å². The van der Waals surface area contributed by atoms with Gasteiger partial charge >= 0.3 is 5.97 Å². The van der Waals surface area contributed by atoms with Gasteiger partial charge in [-0.15, -0.1) is 0 Å². The van der Waals surface area contributed by atoms with Gasteiger partial charge < -0.3 is 9.84 Å². The fraction of sp³-hybridized carbons (Fsp3) is 0.278. The summed E-state index contributed by atoms with van der Waals surface area (Å²) < 4.78 is 5.85. The van der Waals surface area contributed by atoms with E-state index in [9.17, 15) is 4.79 Å². The molecule has 3 nitrogen and oxygen atoms in total. The van der Waals surface area contributed by atoms with Crippen LogP contribution in [0, 0.1) is 19.8 Å². The molecule has 2 aromatic carbocycles. The maximum atomic E-state index is 10.9. The Kier molecular flexibility index (Phi) is 3.42. The van der Waals surface area contributed by atoms with Crippen molar-refractivity contribution in [2.45, 2.75) is 26.2 Å². The van der Waals surface area contributed by atoms with Crippen molar-refractivity contribution in [3.05, 3.63) is 59.2 Å². The first-order chi connectivity index (χ1) is 10.0. The first kappa shape index (κ1) is 13.7. The average Bonchev–Trinajstić information content (AvgIpc) is 3.18. The third kappa shape index (κ3) is 3.07. The highest BCUT2D eigenvalue weighted by Crippen LogP contribution is 2.47. The van der Waals surface area contributed by atoms with Crippen molar-refractivity contribution in [2.75, 3.05) is 0 Å². The highest BCUT2D eigenvalue weighted by Gasteiger charge is 2.43. The third-order valence-corrected chi connectivity index (χ3v) is 3.85. The van der Waals surface area contributed by atoms with Gasteiger partial charge in [0.05, 0.1) is 5.92 Å². The summed E-state index contributed by atoms with van der Waals surface area (Å²) in [5, 5.41) is 8.96. The van der Waals surface area contributed by atoms with Crippen LogP contribution in [0.15, 0.2) is 42.5 Å². The Hall–Kier alpha value is -2.29. The van der Waals surface area contributed by atoms with Crippen molar-refractivity contribution in [3.8, 4) is 11.5 Å². The summed E-state index contributed by atoms with van der Waals surface area (Å²) in [6, 6.07) is 13.9. The maximum Gasteiger partial charge on any atom is 0.307 e. The molecule has 1 aliphatic carbocycles. The van der Waals surface area contributed by atoms with E-state index in [1.165, 1.54) is 11.1 Å². The number of rotatable bonds is 4. The highest BCUT2D eigenvalue weighted by molar-refractivity contribution is 5.75. The average molecular weight is 282 g/mol. The van der Waals surface area contributed by atoms with Gasteiger partial charge in [-0.3, -0.25) is 4.79 Å². The molecule has 3 rings (SSSR count). The van der Waals surface area contributed by atoms with Crippen LogP contribution >= 0.6 is 0 Å². The van der Waals surface area contributed by atoms with Crippen LogP contribution in [0.5, 0.6) is 11.5 Å². The summed E-state index contributed by atoms with van der Waals surface area (Å²) in [5.41, 5.74) is 3.42. The zero-order chi connectivity index (χ0) is 15.0. The van der Waals surface area contributed by atoms with E-state index in [2.05, 4.69) is 6.07 Å². The molecule has 1 fully saturated rings. The number of aliphatic carboxylic acids is 1. The largest absolute Gasteiger partial charge is 0.481 e. The lowest BCUT2D eigenvalue weighted by molar-refractivity contribution is -0.138. The molecule has 1 aliphatic rings. The van der Waals surface area contributed by atoms with E-state index in [-0.39, 0.29) is 11.8 Å². The number of carboxylic acid groups (broad SMARTS) is 1. The minimum Gasteiger partial charge on any atom is -0.481 e. The van der Waals surface area contributed by atoms with E-state index in [0.717, 1.165) is 23.5 Å². The lowest BCUT2D eigenvalue weighted by Crippen LogP contribution is -1.98. The van der Waals surface area contributed by atoms with Gasteiger partial charge in [0, 0.05) is 0 Å². The van der Waals surface area contributed by atoms with E-state index in [4.69, 9.17) is 9.84 Å². The van der Waals surface area contributed by atoms with Gasteiger partial charge in [0.25, 0.3) is 0 Å². The Morgan fingerprint density at radius 3 is 2.19 bits per heavy atom. The van der Waals surface area contributed by atoms with E-state index in [1.54, 1.807) is 0 Å². The molecule has 21 heavy (non-hydrogen) atoms. The van der Waals surface area contributed by atoms with Crippen molar-refractivity contribution in [1.82, 2.24) is 0 Å². The minimum absolute atomic E-state index is 0.165. The van der Waals surface area contributed by atoms with Crippen LogP contribution in [-0.2, 0) is 4.79 Å².